The molecule has 0 aliphatic rings. The summed E-state index contributed by atoms with van der Waals surface area (Å²) in [6, 6.07) is 15.0. The van der Waals surface area contributed by atoms with Crippen LogP contribution < -0.4 is 15.4 Å². The van der Waals surface area contributed by atoms with Crippen LogP contribution in [0.1, 0.15) is 26.7 Å². The smallest absolute Gasteiger partial charge is 0.274 e. The van der Waals surface area contributed by atoms with Crippen molar-refractivity contribution in [2.45, 2.75) is 6.54 Å². The summed E-state index contributed by atoms with van der Waals surface area (Å²) in [4.78, 5) is 33.0. The lowest BCUT2D eigenvalue weighted by Gasteiger charge is -2.09. The van der Waals surface area contributed by atoms with Crippen LogP contribution in [0.3, 0.4) is 0 Å². The fourth-order valence-corrected chi connectivity index (χ4v) is 2.65. The van der Waals surface area contributed by atoms with E-state index in [2.05, 4.69) is 20.6 Å². The number of amides is 2. The van der Waals surface area contributed by atoms with E-state index in [-0.39, 0.29) is 17.9 Å². The van der Waals surface area contributed by atoms with Crippen molar-refractivity contribution in [2.24, 2.45) is 0 Å². The van der Waals surface area contributed by atoms with Gasteiger partial charge in [0.15, 0.2) is 0 Å². The molecule has 0 spiro atoms. The van der Waals surface area contributed by atoms with Gasteiger partial charge in [0, 0.05) is 11.9 Å². The number of ether oxygens (including phenoxy) is 1. The van der Waals surface area contributed by atoms with Crippen LogP contribution in [-0.4, -0.2) is 28.9 Å². The number of nitrogens with one attached hydrogen (secondary N) is 2. The van der Waals surface area contributed by atoms with E-state index in [0.717, 1.165) is 5.69 Å². The Morgan fingerprint density at radius 1 is 1.04 bits per heavy atom. The van der Waals surface area contributed by atoms with E-state index in [1.54, 1.807) is 42.6 Å². The van der Waals surface area contributed by atoms with E-state index in [0.29, 0.717) is 16.5 Å². The Morgan fingerprint density at radius 2 is 1.82 bits per heavy atom. The molecule has 1 aromatic carbocycles. The molecule has 8 heteroatoms. The fourth-order valence-electron chi connectivity index (χ4n) is 2.39. The normalized spacial score (nSPS) is 10.2. The largest absolute Gasteiger partial charge is 0.495 e. The van der Waals surface area contributed by atoms with Crippen molar-refractivity contribution in [1.82, 2.24) is 15.3 Å². The van der Waals surface area contributed by atoms with Crippen LogP contribution in [0, 0.1) is 0 Å². The van der Waals surface area contributed by atoms with E-state index in [1.807, 2.05) is 6.07 Å². The van der Waals surface area contributed by atoms with Crippen LogP contribution in [0.25, 0.3) is 0 Å². The molecular formula is C20H17ClN4O3. The standard InChI is InChI=1S/C20H17ClN4O3/c1-28-18-9-8-13(11-15(18)21)24-20(27)17-7-4-6-16(25-17)19(26)23-12-14-5-2-3-10-22-14/h2-11H,12H2,1H3,(H,23,26)(H,24,27). The Hall–Kier alpha value is -3.45. The third kappa shape index (κ3) is 4.83. The molecule has 3 rings (SSSR count). The number of anilines is 1. The average molecular weight is 397 g/mol. The molecule has 2 heterocycles. The maximum atomic E-state index is 12.4. The molecule has 0 radical (unpaired) electrons. The van der Waals surface area contributed by atoms with Crippen LogP contribution in [0.2, 0.25) is 5.02 Å². The van der Waals surface area contributed by atoms with E-state index in [1.165, 1.54) is 19.2 Å². The molecule has 0 fully saturated rings. The lowest BCUT2D eigenvalue weighted by Crippen LogP contribution is -2.25. The van der Waals surface area contributed by atoms with Crippen LogP contribution in [0.5, 0.6) is 5.75 Å². The number of pyridine rings is 2. The summed E-state index contributed by atoms with van der Waals surface area (Å²) in [5.74, 6) is -0.349. The molecule has 0 saturated carbocycles. The van der Waals surface area contributed by atoms with Crippen molar-refractivity contribution >= 4 is 29.1 Å². The Balaban J connectivity index is 1.67. The summed E-state index contributed by atoms with van der Waals surface area (Å²) in [5, 5.41) is 5.79. The third-order valence-electron chi connectivity index (χ3n) is 3.78. The SMILES string of the molecule is COc1ccc(NC(=O)c2cccc(C(=O)NCc3ccccn3)n2)cc1Cl. The van der Waals surface area contributed by atoms with Gasteiger partial charge in [0.1, 0.15) is 17.1 Å². The number of aromatic nitrogens is 2. The maximum absolute atomic E-state index is 12.4. The molecule has 2 aromatic heterocycles. The van der Waals surface area contributed by atoms with Gasteiger partial charge in [-0.15, -0.1) is 0 Å². The number of carbonyl (C=O) groups excluding carboxylic acids is 2. The second kappa shape index (κ2) is 8.96. The number of hydrogen-bond acceptors (Lipinski definition) is 5. The van der Waals surface area contributed by atoms with Gasteiger partial charge >= 0.3 is 0 Å². The molecule has 0 aliphatic carbocycles. The molecule has 0 saturated heterocycles. The van der Waals surface area contributed by atoms with E-state index in [9.17, 15) is 9.59 Å². The minimum Gasteiger partial charge on any atom is -0.495 e. The summed E-state index contributed by atoms with van der Waals surface area (Å²) in [6.07, 6.45) is 1.65. The zero-order valence-corrected chi connectivity index (χ0v) is 15.7. The summed E-state index contributed by atoms with van der Waals surface area (Å²) < 4.78 is 5.08. The highest BCUT2D eigenvalue weighted by Crippen LogP contribution is 2.27. The summed E-state index contributed by atoms with van der Waals surface area (Å²) in [7, 11) is 1.51. The quantitative estimate of drug-likeness (QED) is 0.666. The zero-order valence-electron chi connectivity index (χ0n) is 15.0. The highest BCUT2D eigenvalue weighted by Gasteiger charge is 2.13. The lowest BCUT2D eigenvalue weighted by atomic mass is 10.2. The van der Waals surface area contributed by atoms with Gasteiger partial charge in [-0.1, -0.05) is 23.7 Å². The minimum atomic E-state index is -0.458. The number of benzene rings is 1. The first-order chi connectivity index (χ1) is 13.6. The molecule has 7 nitrogen and oxygen atoms in total. The van der Waals surface area contributed by atoms with Crippen LogP contribution in [0.15, 0.2) is 60.8 Å². The predicted molar refractivity (Wildman–Crippen MR) is 106 cm³/mol. The van der Waals surface area contributed by atoms with Gasteiger partial charge in [-0.2, -0.15) is 0 Å². The van der Waals surface area contributed by atoms with Crippen molar-refractivity contribution in [3.63, 3.8) is 0 Å². The number of rotatable bonds is 6. The monoisotopic (exact) mass is 396 g/mol. The Morgan fingerprint density at radius 3 is 2.50 bits per heavy atom. The summed E-state index contributed by atoms with van der Waals surface area (Å²) in [5.41, 5.74) is 1.46. The molecule has 28 heavy (non-hydrogen) atoms. The second-order valence-electron chi connectivity index (χ2n) is 5.72. The molecule has 2 N–H and O–H groups in total. The molecule has 142 valence electrons. The van der Waals surface area contributed by atoms with Crippen LogP contribution in [-0.2, 0) is 6.54 Å². The van der Waals surface area contributed by atoms with Gasteiger partial charge in [0.2, 0.25) is 0 Å². The highest BCUT2D eigenvalue weighted by atomic mass is 35.5. The van der Waals surface area contributed by atoms with Gasteiger partial charge in [-0.3, -0.25) is 14.6 Å². The minimum absolute atomic E-state index is 0.109. The first-order valence-electron chi connectivity index (χ1n) is 8.37. The van der Waals surface area contributed by atoms with Gasteiger partial charge in [-0.05, 0) is 42.5 Å². The predicted octanol–water partition coefficient (Wildman–Crippen LogP) is 3.32. The second-order valence-corrected chi connectivity index (χ2v) is 6.12. The molecule has 0 unspecified atom stereocenters. The van der Waals surface area contributed by atoms with Crippen molar-refractivity contribution in [3.05, 3.63) is 82.9 Å². The molecule has 2 amide bonds. The van der Waals surface area contributed by atoms with Crippen molar-refractivity contribution < 1.29 is 14.3 Å². The van der Waals surface area contributed by atoms with E-state index >= 15 is 0 Å². The maximum Gasteiger partial charge on any atom is 0.274 e. The van der Waals surface area contributed by atoms with Gasteiger partial charge in [0.05, 0.1) is 24.4 Å². The van der Waals surface area contributed by atoms with E-state index < -0.39 is 11.8 Å². The third-order valence-corrected chi connectivity index (χ3v) is 4.08. The number of halogens is 1. The highest BCUT2D eigenvalue weighted by molar-refractivity contribution is 6.32. The Kier molecular flexibility index (Phi) is 6.18. The topological polar surface area (TPSA) is 93.2 Å². The molecule has 0 aliphatic heterocycles. The number of nitrogens with zero attached hydrogens (tertiary/aromatic N) is 2. The van der Waals surface area contributed by atoms with Crippen molar-refractivity contribution in [2.75, 3.05) is 12.4 Å². The lowest BCUT2D eigenvalue weighted by molar-refractivity contribution is 0.0945. The molecule has 3 aromatic rings. The number of methoxy groups -OCH3 is 1. The first-order valence-corrected chi connectivity index (χ1v) is 8.74. The van der Waals surface area contributed by atoms with E-state index in [4.69, 9.17) is 16.3 Å². The average Bonchev–Trinajstić information content (AvgIpc) is 2.73. The van der Waals surface area contributed by atoms with Crippen molar-refractivity contribution in [3.8, 4) is 5.75 Å². The fraction of sp³-hybridized carbons (Fsp3) is 0.100. The zero-order chi connectivity index (χ0) is 19.9. The molecular weight excluding hydrogens is 380 g/mol. The Bertz CT molecular complexity index is 996. The van der Waals surface area contributed by atoms with Crippen LogP contribution >= 0.6 is 11.6 Å². The summed E-state index contributed by atoms with van der Waals surface area (Å²) in [6.45, 7) is 0.266. The first kappa shape index (κ1) is 19.3. The van der Waals surface area contributed by atoms with Crippen LogP contribution in [0.4, 0.5) is 5.69 Å². The Labute approximate surface area is 166 Å². The number of carbonyl (C=O) groups is 2. The van der Waals surface area contributed by atoms with Gasteiger partial charge in [0.25, 0.3) is 11.8 Å². The molecule has 0 bridgehead atoms. The van der Waals surface area contributed by atoms with Gasteiger partial charge < -0.3 is 15.4 Å². The van der Waals surface area contributed by atoms with Crippen molar-refractivity contribution in [1.29, 1.82) is 0 Å². The molecule has 0 atom stereocenters. The number of hydrogen-bond donors (Lipinski definition) is 2. The summed E-state index contributed by atoms with van der Waals surface area (Å²) >= 11 is 6.06. The van der Waals surface area contributed by atoms with Gasteiger partial charge in [-0.25, -0.2) is 4.98 Å².